The topological polar surface area (TPSA) is 126 Å². The third-order valence-corrected chi connectivity index (χ3v) is 7.00. The average molecular weight is 484 g/mol. The summed E-state index contributed by atoms with van der Waals surface area (Å²) in [5, 5.41) is 17.3. The molecule has 12 heteroatoms. The van der Waals surface area contributed by atoms with Crippen LogP contribution in [-0.4, -0.2) is 72.8 Å². The summed E-state index contributed by atoms with van der Waals surface area (Å²) >= 11 is 7.33. The molecule has 0 saturated carbocycles. The summed E-state index contributed by atoms with van der Waals surface area (Å²) in [6, 6.07) is -0.217. The van der Waals surface area contributed by atoms with Gasteiger partial charge in [0.15, 0.2) is 10.8 Å². The number of halogens is 1. The van der Waals surface area contributed by atoms with Gasteiger partial charge in [-0.15, -0.1) is 0 Å². The van der Waals surface area contributed by atoms with E-state index >= 15 is 0 Å². The Kier molecular flexibility index (Phi) is 7.86. The zero-order valence-electron chi connectivity index (χ0n) is 18.3. The fourth-order valence-electron chi connectivity index (χ4n) is 3.67. The van der Waals surface area contributed by atoms with E-state index in [0.29, 0.717) is 52.5 Å². The Balaban J connectivity index is 1.70. The number of thiazole rings is 1. The standard InChI is InChI=1S/C20H26ClN5O5S/c1-5-11-8-13(22-17(11)21)18(27)23-12-6-7-26(9-14(12)30-3)20-24-15(19(28)29)16(32-20)10(2)25-31-4/h12,14H,5-9H2,1-4H3,(H,23,27)(H,28,29)/b25-10+/t12-,14+/m1/s1. The maximum Gasteiger partial charge on any atom is 0.356 e. The van der Waals surface area contributed by atoms with Crippen molar-refractivity contribution in [3.8, 4) is 0 Å². The number of aliphatic imine (C=N–C) groups is 1. The number of aromatic nitrogens is 1. The molecule has 2 atom stereocenters. The van der Waals surface area contributed by atoms with Crippen molar-refractivity contribution >= 4 is 51.4 Å². The lowest BCUT2D eigenvalue weighted by atomic mass is 10.0. The highest BCUT2D eigenvalue weighted by Crippen LogP contribution is 2.30. The van der Waals surface area contributed by atoms with Crippen LogP contribution in [0.2, 0.25) is 0 Å². The Bertz CT molecular complexity index is 989. The number of oxime groups is 1. The number of ether oxygens (including phenoxy) is 1. The lowest BCUT2D eigenvalue weighted by Crippen LogP contribution is -2.55. The molecule has 32 heavy (non-hydrogen) atoms. The molecule has 174 valence electrons. The first kappa shape index (κ1) is 24.1. The lowest BCUT2D eigenvalue weighted by Gasteiger charge is -2.37. The van der Waals surface area contributed by atoms with Gasteiger partial charge < -0.3 is 24.9 Å². The van der Waals surface area contributed by atoms with Crippen molar-refractivity contribution in [3.05, 3.63) is 21.3 Å². The number of anilines is 1. The minimum Gasteiger partial charge on any atom is -0.476 e. The number of methoxy groups -OCH3 is 1. The van der Waals surface area contributed by atoms with E-state index in [4.69, 9.17) is 21.2 Å². The van der Waals surface area contributed by atoms with Crippen LogP contribution < -0.4 is 10.2 Å². The number of carbonyl (C=O) groups is 2. The van der Waals surface area contributed by atoms with Crippen LogP contribution in [0, 0.1) is 0 Å². The van der Waals surface area contributed by atoms with E-state index in [0.717, 1.165) is 12.0 Å². The van der Waals surface area contributed by atoms with E-state index in [1.165, 1.54) is 18.4 Å². The molecule has 0 radical (unpaired) electrons. The number of nitrogens with one attached hydrogen (secondary N) is 1. The molecule has 1 fully saturated rings. The first-order valence-corrected chi connectivity index (χ1v) is 11.3. The van der Waals surface area contributed by atoms with E-state index in [2.05, 4.69) is 20.4 Å². The summed E-state index contributed by atoms with van der Waals surface area (Å²) in [6.45, 7) is 4.67. The first-order chi connectivity index (χ1) is 15.3. The molecule has 0 aliphatic carbocycles. The van der Waals surface area contributed by atoms with Crippen molar-refractivity contribution < 1.29 is 24.3 Å². The normalized spacial score (nSPS) is 21.6. The van der Waals surface area contributed by atoms with Gasteiger partial charge in [0, 0.05) is 26.6 Å². The van der Waals surface area contributed by atoms with Gasteiger partial charge in [0.2, 0.25) is 0 Å². The SMILES string of the molecule is CCC1=C(Cl)N=C(C(=O)N[C@@H]2CCN(c3nc(C(=O)O)c(/C(C)=N/OC)s3)C[C@@H]2OC)C1. The Morgan fingerprint density at radius 2 is 2.16 bits per heavy atom. The fraction of sp³-hybridized carbons (Fsp3) is 0.550. The van der Waals surface area contributed by atoms with E-state index in [1.807, 2.05) is 11.8 Å². The molecule has 0 aromatic carbocycles. The van der Waals surface area contributed by atoms with Crippen molar-refractivity contribution in [1.29, 1.82) is 0 Å². The molecule has 1 aromatic rings. The highest BCUT2D eigenvalue weighted by atomic mass is 35.5. The van der Waals surface area contributed by atoms with E-state index in [9.17, 15) is 14.7 Å². The molecule has 0 spiro atoms. The first-order valence-electron chi connectivity index (χ1n) is 10.1. The largest absolute Gasteiger partial charge is 0.476 e. The number of hydrogen-bond donors (Lipinski definition) is 2. The van der Waals surface area contributed by atoms with Crippen molar-refractivity contribution in [2.24, 2.45) is 10.1 Å². The van der Waals surface area contributed by atoms with E-state index < -0.39 is 5.97 Å². The second-order valence-electron chi connectivity index (χ2n) is 7.41. The average Bonchev–Trinajstić information content (AvgIpc) is 3.38. The Morgan fingerprint density at radius 3 is 2.75 bits per heavy atom. The number of allylic oxidation sites excluding steroid dienone is 1. The summed E-state index contributed by atoms with van der Waals surface area (Å²) in [6.07, 6.45) is 1.50. The summed E-state index contributed by atoms with van der Waals surface area (Å²) in [5.74, 6) is -1.38. The monoisotopic (exact) mass is 483 g/mol. The zero-order valence-corrected chi connectivity index (χ0v) is 19.9. The fourth-order valence-corrected chi connectivity index (χ4v) is 5.00. The van der Waals surface area contributed by atoms with Crippen LogP contribution in [0.25, 0.3) is 0 Å². The summed E-state index contributed by atoms with van der Waals surface area (Å²) in [4.78, 5) is 40.0. The van der Waals surface area contributed by atoms with Crippen LogP contribution in [0.5, 0.6) is 0 Å². The molecule has 1 saturated heterocycles. The van der Waals surface area contributed by atoms with Gasteiger partial charge in [-0.05, 0) is 25.3 Å². The number of nitrogens with zero attached hydrogens (tertiary/aromatic N) is 4. The maximum atomic E-state index is 12.7. The molecule has 3 heterocycles. The molecule has 0 unspecified atom stereocenters. The molecule has 10 nitrogen and oxygen atoms in total. The van der Waals surface area contributed by atoms with E-state index in [-0.39, 0.29) is 23.7 Å². The molecule has 2 aliphatic heterocycles. The van der Waals surface area contributed by atoms with Gasteiger partial charge in [0.1, 0.15) is 18.0 Å². The van der Waals surface area contributed by atoms with Crippen LogP contribution >= 0.6 is 22.9 Å². The molecule has 3 rings (SSSR count). The van der Waals surface area contributed by atoms with Crippen LogP contribution in [0.3, 0.4) is 0 Å². The van der Waals surface area contributed by atoms with Crippen LogP contribution in [-0.2, 0) is 14.4 Å². The number of carbonyl (C=O) groups excluding carboxylic acids is 1. The molecule has 0 bridgehead atoms. The Hall–Kier alpha value is -2.50. The summed E-state index contributed by atoms with van der Waals surface area (Å²) < 4.78 is 5.64. The van der Waals surface area contributed by atoms with Gasteiger partial charge >= 0.3 is 5.97 Å². The van der Waals surface area contributed by atoms with Gasteiger partial charge in [0.25, 0.3) is 5.91 Å². The van der Waals surface area contributed by atoms with E-state index in [1.54, 1.807) is 14.0 Å². The van der Waals surface area contributed by atoms with Crippen LogP contribution in [0.15, 0.2) is 20.9 Å². The van der Waals surface area contributed by atoms with Crippen molar-refractivity contribution in [2.45, 2.75) is 45.3 Å². The third kappa shape index (κ3) is 5.11. The molecular formula is C20H26ClN5O5S. The minimum atomic E-state index is -1.13. The lowest BCUT2D eigenvalue weighted by molar-refractivity contribution is -0.116. The predicted molar refractivity (Wildman–Crippen MR) is 123 cm³/mol. The second kappa shape index (κ2) is 10.4. The zero-order chi connectivity index (χ0) is 23.4. The van der Waals surface area contributed by atoms with Crippen molar-refractivity contribution in [1.82, 2.24) is 10.3 Å². The Morgan fingerprint density at radius 1 is 1.41 bits per heavy atom. The quantitative estimate of drug-likeness (QED) is 0.330. The number of carboxylic acid groups (broad SMARTS) is 1. The minimum absolute atomic E-state index is 0.0666. The second-order valence-corrected chi connectivity index (χ2v) is 8.75. The van der Waals surface area contributed by atoms with Gasteiger partial charge in [0.05, 0.1) is 22.7 Å². The van der Waals surface area contributed by atoms with Gasteiger partial charge in [-0.2, -0.15) is 0 Å². The number of amides is 1. The van der Waals surface area contributed by atoms with Gasteiger partial charge in [-0.25, -0.2) is 14.8 Å². The van der Waals surface area contributed by atoms with Gasteiger partial charge in [-0.3, -0.25) is 4.79 Å². The molecular weight excluding hydrogens is 458 g/mol. The van der Waals surface area contributed by atoms with Crippen molar-refractivity contribution in [2.75, 3.05) is 32.2 Å². The molecule has 2 N–H and O–H groups in total. The predicted octanol–water partition coefficient (Wildman–Crippen LogP) is 2.63. The third-order valence-electron chi connectivity index (χ3n) is 5.42. The smallest absolute Gasteiger partial charge is 0.356 e. The summed E-state index contributed by atoms with van der Waals surface area (Å²) in [7, 11) is 2.98. The van der Waals surface area contributed by atoms with Gasteiger partial charge in [-0.1, -0.05) is 35.0 Å². The molecule has 1 amide bonds. The van der Waals surface area contributed by atoms with Crippen molar-refractivity contribution in [3.63, 3.8) is 0 Å². The molecule has 1 aromatic heterocycles. The number of carboxylic acids is 1. The number of aromatic carboxylic acids is 1. The molecule has 2 aliphatic rings. The number of rotatable bonds is 8. The number of hydrogen-bond acceptors (Lipinski definition) is 9. The Labute approximate surface area is 194 Å². The maximum absolute atomic E-state index is 12.7. The van der Waals surface area contributed by atoms with Crippen LogP contribution in [0.4, 0.5) is 5.13 Å². The highest BCUT2D eigenvalue weighted by molar-refractivity contribution is 7.17. The highest BCUT2D eigenvalue weighted by Gasteiger charge is 2.34. The number of piperidine rings is 1. The van der Waals surface area contributed by atoms with Crippen LogP contribution in [0.1, 0.15) is 48.5 Å². The summed E-state index contributed by atoms with van der Waals surface area (Å²) in [5.41, 5.74) is 1.74.